The second-order valence-corrected chi connectivity index (χ2v) is 4.72. The number of hydrogen-bond donors (Lipinski definition) is 1. The van der Waals surface area contributed by atoms with E-state index >= 15 is 0 Å². The fraction of sp³-hybridized carbons (Fsp3) is 0.727. The van der Waals surface area contributed by atoms with Gasteiger partial charge < -0.3 is 9.84 Å². The molecular formula is C11H19N3O2. The number of carbonyl (C=O) groups is 1. The third kappa shape index (κ3) is 3.64. The molecule has 0 aliphatic heterocycles. The van der Waals surface area contributed by atoms with Crippen LogP contribution in [0.2, 0.25) is 0 Å². The zero-order valence-electron chi connectivity index (χ0n) is 10.3. The van der Waals surface area contributed by atoms with Gasteiger partial charge in [0, 0.05) is 24.8 Å². The second kappa shape index (κ2) is 5.09. The molecule has 90 valence electrons. The van der Waals surface area contributed by atoms with E-state index in [1.165, 1.54) is 0 Å². The van der Waals surface area contributed by atoms with Crippen LogP contribution >= 0.6 is 0 Å². The van der Waals surface area contributed by atoms with Crippen LogP contribution < -0.4 is 5.32 Å². The zero-order chi connectivity index (χ0) is 12.2. The van der Waals surface area contributed by atoms with Gasteiger partial charge in [0.2, 0.25) is 11.8 Å². The van der Waals surface area contributed by atoms with Gasteiger partial charge in [0.05, 0.1) is 0 Å². The fourth-order valence-corrected chi connectivity index (χ4v) is 1.10. The van der Waals surface area contributed by atoms with Gasteiger partial charge in [-0.05, 0) is 0 Å². The third-order valence-corrected chi connectivity index (χ3v) is 2.10. The smallest absolute Gasteiger partial charge is 0.232 e. The Morgan fingerprint density at radius 1 is 1.44 bits per heavy atom. The second-order valence-electron chi connectivity index (χ2n) is 4.72. The summed E-state index contributed by atoms with van der Waals surface area (Å²) in [6, 6.07) is 0. The first-order valence-corrected chi connectivity index (χ1v) is 5.53. The monoisotopic (exact) mass is 225 g/mol. The van der Waals surface area contributed by atoms with E-state index in [1.54, 1.807) is 0 Å². The number of carbonyl (C=O) groups excluding carboxylic acids is 1. The lowest BCUT2D eigenvalue weighted by atomic mass is 9.97. The number of aromatic nitrogens is 2. The van der Waals surface area contributed by atoms with Crippen molar-refractivity contribution < 1.29 is 9.32 Å². The SMILES string of the molecule is CCC(=O)NCCc1noc(C(C)(C)C)n1. The molecule has 0 atom stereocenters. The Morgan fingerprint density at radius 2 is 2.12 bits per heavy atom. The molecule has 1 amide bonds. The van der Waals surface area contributed by atoms with Gasteiger partial charge in [0.1, 0.15) is 0 Å². The van der Waals surface area contributed by atoms with Gasteiger partial charge in [-0.2, -0.15) is 4.98 Å². The van der Waals surface area contributed by atoms with Crippen LogP contribution in [0.3, 0.4) is 0 Å². The summed E-state index contributed by atoms with van der Waals surface area (Å²) in [7, 11) is 0. The minimum absolute atomic E-state index is 0.0412. The Bertz CT molecular complexity index is 352. The first-order chi connectivity index (χ1) is 7.43. The van der Waals surface area contributed by atoms with Gasteiger partial charge >= 0.3 is 0 Å². The highest BCUT2D eigenvalue weighted by Gasteiger charge is 2.21. The average molecular weight is 225 g/mol. The summed E-state index contributed by atoms with van der Waals surface area (Å²) in [5, 5.41) is 6.64. The van der Waals surface area contributed by atoms with Crippen molar-refractivity contribution in [3.8, 4) is 0 Å². The molecule has 5 nitrogen and oxygen atoms in total. The lowest BCUT2D eigenvalue weighted by molar-refractivity contribution is -0.120. The summed E-state index contributed by atoms with van der Waals surface area (Å²) in [5.41, 5.74) is -0.127. The number of amides is 1. The maximum atomic E-state index is 11.0. The van der Waals surface area contributed by atoms with Gasteiger partial charge in [-0.25, -0.2) is 0 Å². The van der Waals surface area contributed by atoms with Crippen LogP contribution in [0.25, 0.3) is 0 Å². The van der Waals surface area contributed by atoms with E-state index in [2.05, 4.69) is 15.5 Å². The predicted octanol–water partition coefficient (Wildman–Crippen LogP) is 1.44. The standard InChI is InChI=1S/C11H19N3O2/c1-5-9(15)12-7-6-8-13-10(16-14-8)11(2,3)4/h5-7H2,1-4H3,(H,12,15). The van der Waals surface area contributed by atoms with Gasteiger partial charge in [-0.15, -0.1) is 0 Å². The van der Waals surface area contributed by atoms with E-state index in [4.69, 9.17) is 4.52 Å². The van der Waals surface area contributed by atoms with Crippen LogP contribution in [0.5, 0.6) is 0 Å². The molecule has 0 saturated heterocycles. The molecule has 0 aliphatic rings. The molecule has 0 saturated carbocycles. The van der Waals surface area contributed by atoms with E-state index < -0.39 is 0 Å². The summed E-state index contributed by atoms with van der Waals surface area (Å²) >= 11 is 0. The topological polar surface area (TPSA) is 68.0 Å². The van der Waals surface area contributed by atoms with Crippen molar-refractivity contribution in [3.05, 3.63) is 11.7 Å². The number of nitrogens with zero attached hydrogens (tertiary/aromatic N) is 2. The molecule has 5 heteroatoms. The highest BCUT2D eigenvalue weighted by Crippen LogP contribution is 2.19. The molecule has 0 aromatic carbocycles. The van der Waals surface area contributed by atoms with E-state index in [9.17, 15) is 4.79 Å². The lowest BCUT2D eigenvalue weighted by Gasteiger charge is -2.10. The first-order valence-electron chi connectivity index (χ1n) is 5.53. The van der Waals surface area contributed by atoms with Crippen molar-refractivity contribution in [3.63, 3.8) is 0 Å². The van der Waals surface area contributed by atoms with Crippen molar-refractivity contribution in [2.24, 2.45) is 0 Å². The molecule has 1 aromatic rings. The molecule has 1 N–H and O–H groups in total. The van der Waals surface area contributed by atoms with Crippen LogP contribution in [-0.4, -0.2) is 22.6 Å². The predicted molar refractivity (Wildman–Crippen MR) is 60.0 cm³/mol. The molecule has 1 heterocycles. The number of nitrogens with one attached hydrogen (secondary N) is 1. The molecule has 0 spiro atoms. The third-order valence-electron chi connectivity index (χ3n) is 2.10. The van der Waals surface area contributed by atoms with Crippen molar-refractivity contribution in [1.29, 1.82) is 0 Å². The Hall–Kier alpha value is -1.39. The summed E-state index contributed by atoms with van der Waals surface area (Å²) in [6.07, 6.45) is 1.10. The van der Waals surface area contributed by atoms with Gasteiger partial charge in [0.25, 0.3) is 0 Å². The molecule has 1 rings (SSSR count). The lowest BCUT2D eigenvalue weighted by Crippen LogP contribution is -2.24. The van der Waals surface area contributed by atoms with Gasteiger partial charge in [0.15, 0.2) is 5.82 Å². The maximum Gasteiger partial charge on any atom is 0.232 e. The van der Waals surface area contributed by atoms with Gasteiger partial charge in [-0.3, -0.25) is 4.79 Å². The summed E-state index contributed by atoms with van der Waals surface area (Å²) in [4.78, 5) is 15.3. The Kier molecular flexibility index (Phi) is 4.04. The van der Waals surface area contributed by atoms with Crippen molar-refractivity contribution in [2.75, 3.05) is 6.54 Å². The summed E-state index contributed by atoms with van der Waals surface area (Å²) in [6.45, 7) is 8.42. The van der Waals surface area contributed by atoms with Crippen molar-refractivity contribution in [2.45, 2.75) is 46.0 Å². The van der Waals surface area contributed by atoms with Crippen molar-refractivity contribution in [1.82, 2.24) is 15.5 Å². The van der Waals surface area contributed by atoms with E-state index in [-0.39, 0.29) is 11.3 Å². The quantitative estimate of drug-likeness (QED) is 0.841. The first kappa shape index (κ1) is 12.7. The normalized spacial score (nSPS) is 11.5. The minimum Gasteiger partial charge on any atom is -0.356 e. The minimum atomic E-state index is -0.127. The molecule has 1 aromatic heterocycles. The molecule has 0 unspecified atom stereocenters. The molecular weight excluding hydrogens is 206 g/mol. The molecule has 0 aliphatic carbocycles. The van der Waals surface area contributed by atoms with Crippen LogP contribution in [0.4, 0.5) is 0 Å². The maximum absolute atomic E-state index is 11.0. The number of hydrogen-bond acceptors (Lipinski definition) is 4. The Labute approximate surface area is 95.6 Å². The highest BCUT2D eigenvalue weighted by molar-refractivity contribution is 5.75. The van der Waals surface area contributed by atoms with E-state index in [0.29, 0.717) is 31.1 Å². The van der Waals surface area contributed by atoms with Crippen LogP contribution in [0.15, 0.2) is 4.52 Å². The van der Waals surface area contributed by atoms with E-state index in [0.717, 1.165) is 0 Å². The largest absolute Gasteiger partial charge is 0.356 e. The zero-order valence-corrected chi connectivity index (χ0v) is 10.3. The molecule has 0 bridgehead atoms. The van der Waals surface area contributed by atoms with E-state index in [1.807, 2.05) is 27.7 Å². The Balaban J connectivity index is 2.44. The van der Waals surface area contributed by atoms with Crippen molar-refractivity contribution >= 4 is 5.91 Å². The highest BCUT2D eigenvalue weighted by atomic mass is 16.5. The van der Waals surface area contributed by atoms with Crippen LogP contribution in [0.1, 0.15) is 45.8 Å². The average Bonchev–Trinajstić information content (AvgIpc) is 2.65. The molecule has 0 fully saturated rings. The van der Waals surface area contributed by atoms with Crippen LogP contribution in [-0.2, 0) is 16.6 Å². The van der Waals surface area contributed by atoms with Crippen LogP contribution in [0, 0.1) is 0 Å². The van der Waals surface area contributed by atoms with Gasteiger partial charge in [-0.1, -0.05) is 32.9 Å². The summed E-state index contributed by atoms with van der Waals surface area (Å²) < 4.78 is 5.14. The fourth-order valence-electron chi connectivity index (χ4n) is 1.10. The molecule has 0 radical (unpaired) electrons. The summed E-state index contributed by atoms with van der Waals surface area (Å²) in [5.74, 6) is 1.31. The molecule has 16 heavy (non-hydrogen) atoms. The number of rotatable bonds is 4. The Morgan fingerprint density at radius 3 is 2.62 bits per heavy atom.